The number of nitrogens with one attached hydrogen (secondary N) is 1. The molecule has 4 nitrogen and oxygen atoms in total. The van der Waals surface area contributed by atoms with Crippen LogP contribution >= 0.6 is 31.9 Å². The van der Waals surface area contributed by atoms with E-state index in [1.807, 2.05) is 0 Å². The summed E-state index contributed by atoms with van der Waals surface area (Å²) in [5, 5.41) is 0. The van der Waals surface area contributed by atoms with Gasteiger partial charge >= 0.3 is 5.69 Å². The summed E-state index contributed by atoms with van der Waals surface area (Å²) in [6, 6.07) is 4.21. The molecule has 2 rings (SSSR count). The first-order valence-corrected chi connectivity index (χ1v) is 6.49. The van der Waals surface area contributed by atoms with Gasteiger partial charge in [-0.1, -0.05) is 22.0 Å². The number of nitrogens with zero attached hydrogens (tertiary/aromatic N) is 1. The molecular formula is C11H7Br2FN2O2. The molecule has 0 saturated carbocycles. The molecule has 1 heterocycles. The predicted octanol–water partition coefficient (Wildman–Crippen LogP) is 2.25. The molecule has 7 heteroatoms. The summed E-state index contributed by atoms with van der Waals surface area (Å²) >= 11 is 6.27. The monoisotopic (exact) mass is 376 g/mol. The average Bonchev–Trinajstić information content (AvgIpc) is 2.29. The highest BCUT2D eigenvalue weighted by atomic mass is 79.9. The Balaban J connectivity index is 2.43. The molecule has 0 bridgehead atoms. The maximum absolute atomic E-state index is 12.9. The Bertz CT molecular complexity index is 709. The SMILES string of the molecule is O=c1[nH]c(=O)n(Cc2ccc(F)cc2Br)cc1Br. The van der Waals surface area contributed by atoms with Gasteiger partial charge in [-0.2, -0.15) is 0 Å². The molecule has 1 aromatic carbocycles. The van der Waals surface area contributed by atoms with E-state index < -0.39 is 11.2 Å². The van der Waals surface area contributed by atoms with E-state index >= 15 is 0 Å². The Morgan fingerprint density at radius 1 is 1.22 bits per heavy atom. The van der Waals surface area contributed by atoms with E-state index in [4.69, 9.17) is 0 Å². The summed E-state index contributed by atoms with van der Waals surface area (Å²) in [7, 11) is 0. The van der Waals surface area contributed by atoms with Gasteiger partial charge in [-0.3, -0.25) is 14.3 Å². The third kappa shape index (κ3) is 2.78. The summed E-state index contributed by atoms with van der Waals surface area (Å²) in [5.74, 6) is -0.361. The van der Waals surface area contributed by atoms with Crippen molar-refractivity contribution in [3.8, 4) is 0 Å². The van der Waals surface area contributed by atoms with Crippen LogP contribution in [-0.4, -0.2) is 9.55 Å². The van der Waals surface area contributed by atoms with Crippen molar-refractivity contribution in [2.45, 2.75) is 6.54 Å². The molecule has 0 saturated heterocycles. The van der Waals surface area contributed by atoms with Gasteiger partial charge in [0, 0.05) is 10.7 Å². The second-order valence-corrected chi connectivity index (χ2v) is 5.31. The van der Waals surface area contributed by atoms with Gasteiger partial charge in [0.05, 0.1) is 11.0 Å². The second-order valence-electron chi connectivity index (χ2n) is 3.60. The first-order chi connectivity index (χ1) is 8.47. The van der Waals surface area contributed by atoms with Crippen LogP contribution in [0.3, 0.4) is 0 Å². The van der Waals surface area contributed by atoms with Crippen LogP contribution in [-0.2, 0) is 6.54 Å². The largest absolute Gasteiger partial charge is 0.328 e. The summed E-state index contributed by atoms with van der Waals surface area (Å²) in [5.41, 5.74) is -0.258. The van der Waals surface area contributed by atoms with Crippen molar-refractivity contribution in [2.24, 2.45) is 0 Å². The Labute approximate surface area is 118 Å². The molecule has 0 spiro atoms. The molecule has 0 aliphatic heterocycles. The second kappa shape index (κ2) is 5.19. The molecule has 94 valence electrons. The summed E-state index contributed by atoms with van der Waals surface area (Å²) in [6.45, 7) is 0.231. The first kappa shape index (κ1) is 13.2. The maximum Gasteiger partial charge on any atom is 0.328 e. The lowest BCUT2D eigenvalue weighted by Gasteiger charge is -2.07. The number of rotatable bonds is 2. The molecule has 1 aromatic heterocycles. The first-order valence-electron chi connectivity index (χ1n) is 4.90. The van der Waals surface area contributed by atoms with Gasteiger partial charge in [0.1, 0.15) is 5.82 Å². The maximum atomic E-state index is 12.9. The molecule has 0 radical (unpaired) electrons. The van der Waals surface area contributed by atoms with Gasteiger partial charge in [0.25, 0.3) is 5.56 Å². The number of hydrogen-bond acceptors (Lipinski definition) is 2. The number of hydrogen-bond donors (Lipinski definition) is 1. The quantitative estimate of drug-likeness (QED) is 0.872. The van der Waals surface area contributed by atoms with Gasteiger partial charge in [-0.25, -0.2) is 9.18 Å². The zero-order chi connectivity index (χ0) is 13.3. The van der Waals surface area contributed by atoms with Gasteiger partial charge in [0.2, 0.25) is 0 Å². The van der Waals surface area contributed by atoms with Gasteiger partial charge in [-0.05, 0) is 33.6 Å². The third-order valence-corrected chi connectivity index (χ3v) is 3.63. The van der Waals surface area contributed by atoms with Crippen molar-refractivity contribution < 1.29 is 4.39 Å². The van der Waals surface area contributed by atoms with Crippen LogP contribution in [0.5, 0.6) is 0 Å². The number of aromatic amines is 1. The Morgan fingerprint density at radius 2 is 1.94 bits per heavy atom. The Morgan fingerprint density at radius 3 is 2.61 bits per heavy atom. The summed E-state index contributed by atoms with van der Waals surface area (Å²) < 4.78 is 15.1. The molecule has 0 amide bonds. The molecular weight excluding hydrogens is 371 g/mol. The molecule has 2 aromatic rings. The Kier molecular flexibility index (Phi) is 3.82. The number of H-pyrrole nitrogens is 1. The number of benzene rings is 1. The van der Waals surface area contributed by atoms with E-state index in [2.05, 4.69) is 36.8 Å². The summed E-state index contributed by atoms with van der Waals surface area (Å²) in [4.78, 5) is 24.9. The predicted molar refractivity (Wildman–Crippen MR) is 72.2 cm³/mol. The lowest BCUT2D eigenvalue weighted by Crippen LogP contribution is -2.30. The molecule has 0 aliphatic rings. The van der Waals surface area contributed by atoms with Crippen LogP contribution in [0.25, 0.3) is 0 Å². The van der Waals surface area contributed by atoms with Crippen molar-refractivity contribution in [3.05, 3.63) is 65.6 Å². The number of aromatic nitrogens is 2. The molecule has 1 N–H and O–H groups in total. The van der Waals surface area contributed by atoms with Crippen molar-refractivity contribution >= 4 is 31.9 Å². The minimum atomic E-state index is -0.514. The standard InChI is InChI=1S/C11H7Br2FN2O2/c12-8-3-7(14)2-1-6(8)4-16-5-9(13)10(17)15-11(16)18/h1-3,5H,4H2,(H,15,17,18). The van der Waals surface area contributed by atoms with Crippen LogP contribution < -0.4 is 11.2 Å². The highest BCUT2D eigenvalue weighted by Crippen LogP contribution is 2.18. The normalized spacial score (nSPS) is 10.6. The van der Waals surface area contributed by atoms with Gasteiger partial charge < -0.3 is 0 Å². The van der Waals surface area contributed by atoms with Crippen molar-refractivity contribution in [1.29, 1.82) is 0 Å². The zero-order valence-electron chi connectivity index (χ0n) is 8.91. The Hall–Kier alpha value is -1.21. The van der Waals surface area contributed by atoms with E-state index in [-0.39, 0.29) is 16.8 Å². The summed E-state index contributed by atoms with van der Waals surface area (Å²) in [6.07, 6.45) is 1.40. The van der Waals surface area contributed by atoms with Crippen LogP contribution in [0.4, 0.5) is 4.39 Å². The van der Waals surface area contributed by atoms with Gasteiger partial charge in [0.15, 0.2) is 0 Å². The smallest absolute Gasteiger partial charge is 0.295 e. The van der Waals surface area contributed by atoms with Crippen molar-refractivity contribution in [2.75, 3.05) is 0 Å². The van der Waals surface area contributed by atoms with Crippen LogP contribution in [0.15, 0.2) is 42.9 Å². The molecule has 0 aliphatic carbocycles. The molecule has 0 atom stereocenters. The van der Waals surface area contributed by atoms with E-state index in [9.17, 15) is 14.0 Å². The minimum absolute atomic E-state index is 0.231. The van der Waals surface area contributed by atoms with Crippen LogP contribution in [0.2, 0.25) is 0 Å². The van der Waals surface area contributed by atoms with Crippen LogP contribution in [0, 0.1) is 5.82 Å². The lowest BCUT2D eigenvalue weighted by molar-refractivity contribution is 0.624. The van der Waals surface area contributed by atoms with E-state index in [1.165, 1.54) is 22.9 Å². The van der Waals surface area contributed by atoms with E-state index in [0.717, 1.165) is 5.56 Å². The third-order valence-electron chi connectivity index (χ3n) is 2.32. The zero-order valence-corrected chi connectivity index (χ0v) is 12.1. The fourth-order valence-electron chi connectivity index (χ4n) is 1.43. The number of halogens is 3. The van der Waals surface area contributed by atoms with Crippen molar-refractivity contribution in [1.82, 2.24) is 9.55 Å². The molecule has 0 fully saturated rings. The van der Waals surface area contributed by atoms with E-state index in [1.54, 1.807) is 6.07 Å². The molecule has 0 unspecified atom stereocenters. The lowest BCUT2D eigenvalue weighted by atomic mass is 10.2. The van der Waals surface area contributed by atoms with Crippen LogP contribution in [0.1, 0.15) is 5.56 Å². The topological polar surface area (TPSA) is 54.9 Å². The fraction of sp³-hybridized carbons (Fsp3) is 0.0909. The highest BCUT2D eigenvalue weighted by Gasteiger charge is 2.06. The van der Waals surface area contributed by atoms with Gasteiger partial charge in [-0.15, -0.1) is 0 Å². The highest BCUT2D eigenvalue weighted by molar-refractivity contribution is 9.10. The fourth-order valence-corrected chi connectivity index (χ4v) is 2.26. The van der Waals surface area contributed by atoms with Crippen molar-refractivity contribution in [3.63, 3.8) is 0 Å². The minimum Gasteiger partial charge on any atom is -0.295 e. The molecule has 18 heavy (non-hydrogen) atoms. The van der Waals surface area contributed by atoms with E-state index in [0.29, 0.717) is 4.47 Å². The average molecular weight is 378 g/mol.